The minimum absolute atomic E-state index is 0.722. The summed E-state index contributed by atoms with van der Waals surface area (Å²) >= 11 is 3.39. The van der Waals surface area contributed by atoms with Gasteiger partial charge in [-0.15, -0.1) is 22.7 Å². The number of thiazole rings is 1. The van der Waals surface area contributed by atoms with Crippen LogP contribution in [0.25, 0.3) is 11.4 Å². The number of thiophene rings is 1. The van der Waals surface area contributed by atoms with Gasteiger partial charge in [-0.3, -0.25) is 4.99 Å². The van der Waals surface area contributed by atoms with Crippen LogP contribution in [0.4, 0.5) is 10.9 Å². The molecule has 0 radical (unpaired) electrons. The number of aliphatic imine (C=N–C) groups is 1. The van der Waals surface area contributed by atoms with Crippen LogP contribution in [-0.4, -0.2) is 36.1 Å². The molecule has 0 spiro atoms. The number of hydrogen-bond acceptors (Lipinski definition) is 6. The maximum Gasteiger partial charge on any atom is 0.197 e. The fraction of sp³-hybridized carbons (Fsp3) is 0.316. The third-order valence-corrected chi connectivity index (χ3v) is 6.15. The standard InChI is InChI=1S/C19H22N6S2/c1-3-21-18(20-2)24-19-23-15(12-27-19)14-5-4-6-17(22-14)25-9-7-13-8-10-26-16(13)11-25/h4-6,8,10,12H,3,7,9,11H2,1-2H3,(H2,20,21,23,24). The highest BCUT2D eigenvalue weighted by atomic mass is 32.1. The Bertz CT molecular complexity index is 945. The summed E-state index contributed by atoms with van der Waals surface area (Å²) in [7, 11) is 1.75. The van der Waals surface area contributed by atoms with Crippen LogP contribution in [0.3, 0.4) is 0 Å². The Morgan fingerprint density at radius 1 is 1.22 bits per heavy atom. The average molecular weight is 399 g/mol. The Kier molecular flexibility index (Phi) is 5.35. The molecule has 6 nitrogen and oxygen atoms in total. The number of hydrogen-bond donors (Lipinski definition) is 2. The maximum absolute atomic E-state index is 4.87. The van der Waals surface area contributed by atoms with Crippen molar-refractivity contribution in [2.45, 2.75) is 19.9 Å². The van der Waals surface area contributed by atoms with Crippen LogP contribution < -0.4 is 15.5 Å². The molecule has 140 valence electrons. The molecule has 0 aliphatic carbocycles. The first-order chi connectivity index (χ1) is 13.3. The first-order valence-electron chi connectivity index (χ1n) is 8.97. The number of rotatable bonds is 4. The number of fused-ring (bicyclic) bond motifs is 1. The number of nitrogens with one attached hydrogen (secondary N) is 2. The Balaban J connectivity index is 1.52. The van der Waals surface area contributed by atoms with Crippen molar-refractivity contribution in [3.05, 3.63) is 45.5 Å². The molecule has 0 saturated carbocycles. The Morgan fingerprint density at radius 2 is 2.15 bits per heavy atom. The predicted molar refractivity (Wildman–Crippen MR) is 115 cm³/mol. The van der Waals surface area contributed by atoms with Crippen molar-refractivity contribution in [3.63, 3.8) is 0 Å². The van der Waals surface area contributed by atoms with Crippen LogP contribution in [-0.2, 0) is 13.0 Å². The van der Waals surface area contributed by atoms with Gasteiger partial charge < -0.3 is 15.5 Å². The molecule has 0 saturated heterocycles. The predicted octanol–water partition coefficient (Wildman–Crippen LogP) is 3.84. The summed E-state index contributed by atoms with van der Waals surface area (Å²) in [5.41, 5.74) is 3.26. The molecule has 0 unspecified atom stereocenters. The zero-order chi connectivity index (χ0) is 18.6. The van der Waals surface area contributed by atoms with Crippen LogP contribution in [0, 0.1) is 0 Å². The molecule has 0 amide bonds. The highest BCUT2D eigenvalue weighted by molar-refractivity contribution is 7.14. The normalized spacial score (nSPS) is 14.1. The van der Waals surface area contributed by atoms with Gasteiger partial charge in [0, 0.05) is 30.4 Å². The maximum atomic E-state index is 4.87. The largest absolute Gasteiger partial charge is 0.356 e. The van der Waals surface area contributed by atoms with Crippen LogP contribution in [0.1, 0.15) is 17.4 Å². The van der Waals surface area contributed by atoms with E-state index in [-0.39, 0.29) is 0 Å². The molecule has 0 aromatic carbocycles. The lowest BCUT2D eigenvalue weighted by molar-refractivity contribution is 0.734. The summed E-state index contributed by atoms with van der Waals surface area (Å²) in [5, 5.41) is 11.4. The van der Waals surface area contributed by atoms with Crippen molar-refractivity contribution in [3.8, 4) is 11.4 Å². The van der Waals surface area contributed by atoms with Gasteiger partial charge in [-0.25, -0.2) is 9.97 Å². The zero-order valence-corrected chi connectivity index (χ0v) is 17.0. The number of nitrogens with zero attached hydrogens (tertiary/aromatic N) is 4. The van der Waals surface area contributed by atoms with Gasteiger partial charge in [-0.05, 0) is 42.5 Å². The number of pyridine rings is 1. The van der Waals surface area contributed by atoms with E-state index in [1.807, 2.05) is 29.7 Å². The van der Waals surface area contributed by atoms with Crippen molar-refractivity contribution >= 4 is 39.6 Å². The van der Waals surface area contributed by atoms with Gasteiger partial charge in [0.25, 0.3) is 0 Å². The minimum atomic E-state index is 0.722. The van der Waals surface area contributed by atoms with Gasteiger partial charge in [0.2, 0.25) is 0 Å². The molecular weight excluding hydrogens is 376 g/mol. The summed E-state index contributed by atoms with van der Waals surface area (Å²) in [5.74, 6) is 1.73. The van der Waals surface area contributed by atoms with Gasteiger partial charge >= 0.3 is 0 Å². The van der Waals surface area contributed by atoms with E-state index in [4.69, 9.17) is 4.98 Å². The van der Waals surface area contributed by atoms with E-state index < -0.39 is 0 Å². The lowest BCUT2D eigenvalue weighted by Gasteiger charge is -2.28. The van der Waals surface area contributed by atoms with Crippen molar-refractivity contribution in [2.75, 3.05) is 30.4 Å². The third kappa shape index (κ3) is 3.96. The van der Waals surface area contributed by atoms with Crippen LogP contribution >= 0.6 is 22.7 Å². The second kappa shape index (κ2) is 8.06. The smallest absolute Gasteiger partial charge is 0.197 e. The molecule has 1 aliphatic rings. The van der Waals surface area contributed by atoms with Crippen LogP contribution in [0.2, 0.25) is 0 Å². The zero-order valence-electron chi connectivity index (χ0n) is 15.4. The Morgan fingerprint density at radius 3 is 3.00 bits per heavy atom. The van der Waals surface area contributed by atoms with Crippen LogP contribution in [0.5, 0.6) is 0 Å². The monoisotopic (exact) mass is 398 g/mol. The van der Waals surface area contributed by atoms with Gasteiger partial charge in [0.1, 0.15) is 11.5 Å². The summed E-state index contributed by atoms with van der Waals surface area (Å²) in [6, 6.07) is 8.40. The van der Waals surface area contributed by atoms with Gasteiger partial charge in [0.05, 0.1) is 12.2 Å². The molecule has 0 atom stereocenters. The van der Waals surface area contributed by atoms with E-state index in [2.05, 4.69) is 49.1 Å². The molecule has 3 aromatic rings. The summed E-state index contributed by atoms with van der Waals surface area (Å²) < 4.78 is 0. The minimum Gasteiger partial charge on any atom is -0.356 e. The molecule has 2 N–H and O–H groups in total. The van der Waals surface area contributed by atoms with Crippen molar-refractivity contribution < 1.29 is 0 Å². The molecule has 8 heteroatoms. The highest BCUT2D eigenvalue weighted by Gasteiger charge is 2.19. The SMILES string of the molecule is CCNC(=NC)Nc1nc(-c2cccc(N3CCc4ccsc4C3)n2)cs1. The number of anilines is 2. The molecule has 4 heterocycles. The van der Waals surface area contributed by atoms with Crippen molar-refractivity contribution in [1.29, 1.82) is 0 Å². The molecule has 27 heavy (non-hydrogen) atoms. The van der Waals surface area contributed by atoms with E-state index in [1.54, 1.807) is 18.4 Å². The van der Waals surface area contributed by atoms with Gasteiger partial charge in [-0.2, -0.15) is 0 Å². The fourth-order valence-corrected chi connectivity index (χ4v) is 4.72. The lowest BCUT2D eigenvalue weighted by Crippen LogP contribution is -2.30. The number of aromatic nitrogens is 2. The first kappa shape index (κ1) is 17.9. The van der Waals surface area contributed by atoms with Crippen molar-refractivity contribution in [2.24, 2.45) is 4.99 Å². The third-order valence-electron chi connectivity index (χ3n) is 4.44. The van der Waals surface area contributed by atoms with Gasteiger partial charge in [0.15, 0.2) is 11.1 Å². The van der Waals surface area contributed by atoms with Gasteiger partial charge in [-0.1, -0.05) is 6.07 Å². The molecule has 0 bridgehead atoms. The second-order valence-electron chi connectivity index (χ2n) is 6.19. The molecule has 4 rings (SSSR count). The second-order valence-corrected chi connectivity index (χ2v) is 8.05. The summed E-state index contributed by atoms with van der Waals surface area (Å²) in [6.07, 6.45) is 1.08. The van der Waals surface area contributed by atoms with Crippen LogP contribution in [0.15, 0.2) is 40.0 Å². The average Bonchev–Trinajstić information content (AvgIpc) is 3.36. The first-order valence-corrected chi connectivity index (χ1v) is 10.7. The van der Waals surface area contributed by atoms with E-state index >= 15 is 0 Å². The summed E-state index contributed by atoms with van der Waals surface area (Å²) in [4.78, 5) is 17.5. The fourth-order valence-electron chi connectivity index (χ4n) is 3.07. The lowest BCUT2D eigenvalue weighted by atomic mass is 10.1. The Labute approximate surface area is 167 Å². The molecule has 3 aromatic heterocycles. The Hall–Kier alpha value is -2.45. The number of guanidine groups is 1. The van der Waals surface area contributed by atoms with E-state index in [1.165, 1.54) is 10.4 Å². The topological polar surface area (TPSA) is 65.4 Å². The van der Waals surface area contributed by atoms with E-state index in [9.17, 15) is 0 Å². The van der Waals surface area contributed by atoms with E-state index in [0.717, 1.165) is 54.4 Å². The molecule has 0 fully saturated rings. The van der Waals surface area contributed by atoms with E-state index in [0.29, 0.717) is 0 Å². The van der Waals surface area contributed by atoms with Crippen molar-refractivity contribution in [1.82, 2.24) is 15.3 Å². The summed E-state index contributed by atoms with van der Waals surface area (Å²) in [6.45, 7) is 4.79. The molecule has 1 aliphatic heterocycles. The highest BCUT2D eigenvalue weighted by Crippen LogP contribution is 2.29. The quantitative estimate of drug-likeness (QED) is 0.516. The molecular formula is C19H22N6S2.